The van der Waals surface area contributed by atoms with Crippen molar-refractivity contribution in [3.63, 3.8) is 0 Å². The van der Waals surface area contributed by atoms with Crippen LogP contribution in [0.5, 0.6) is 0 Å². The number of alkyl carbamates (subject to hydrolysis) is 1. The molecule has 0 spiro atoms. The molecule has 1 aromatic rings. The maximum atomic E-state index is 11.8. The van der Waals surface area contributed by atoms with Crippen molar-refractivity contribution in [2.45, 2.75) is 38.9 Å². The zero-order valence-corrected chi connectivity index (χ0v) is 17.1. The molecule has 1 aliphatic carbocycles. The van der Waals surface area contributed by atoms with Crippen molar-refractivity contribution >= 4 is 47.6 Å². The molecule has 1 atom stereocenters. The Balaban J connectivity index is 0.00000338. The number of carbonyl (C=O) groups is 3. The number of hydrogen-bond acceptors (Lipinski definition) is 5. The maximum absolute atomic E-state index is 11.8. The van der Waals surface area contributed by atoms with Crippen LogP contribution in [0.2, 0.25) is 0 Å². The van der Waals surface area contributed by atoms with E-state index >= 15 is 0 Å². The topological polar surface area (TPSA) is 102 Å². The van der Waals surface area contributed by atoms with Gasteiger partial charge in [0.1, 0.15) is 0 Å². The third-order valence-corrected chi connectivity index (χ3v) is 4.29. The molecule has 0 aromatic heterocycles. The number of carbonyl (C=O) groups excluding carboxylic acids is 2. The van der Waals surface area contributed by atoms with E-state index < -0.39 is 24.3 Å². The van der Waals surface area contributed by atoms with Gasteiger partial charge in [0.25, 0.3) is 0 Å². The monoisotopic (exact) mass is 372 g/mol. The van der Waals surface area contributed by atoms with Crippen molar-refractivity contribution < 1.29 is 29.0 Å². The first-order valence-electron chi connectivity index (χ1n) is 8.39. The third-order valence-electron chi connectivity index (χ3n) is 4.29. The Bertz CT molecular complexity index is 601. The van der Waals surface area contributed by atoms with Crippen LogP contribution in [0, 0.1) is 11.8 Å². The van der Waals surface area contributed by atoms with Crippen LogP contribution >= 0.6 is 0 Å². The van der Waals surface area contributed by atoms with Gasteiger partial charge >= 0.3 is 18.0 Å². The number of carboxylic acid groups (broad SMARTS) is 1. The van der Waals surface area contributed by atoms with Gasteiger partial charge in [0.05, 0.1) is 11.5 Å². The second kappa shape index (κ2) is 11.2. The molecule has 26 heavy (non-hydrogen) atoms. The van der Waals surface area contributed by atoms with E-state index in [-0.39, 0.29) is 41.4 Å². The quantitative estimate of drug-likeness (QED) is 0.452. The summed E-state index contributed by atoms with van der Waals surface area (Å²) < 4.78 is 10.1. The van der Waals surface area contributed by atoms with Gasteiger partial charge in [0.15, 0.2) is 0 Å². The minimum atomic E-state index is -1.00. The molecule has 1 radical (unpaired) electrons. The van der Waals surface area contributed by atoms with Crippen LogP contribution in [0.1, 0.15) is 43.0 Å². The zero-order chi connectivity index (χ0) is 18.2. The normalized spacial score (nSPS) is 20.2. The molecule has 0 saturated heterocycles. The number of hydrogen-bond donors (Lipinski definition) is 2. The zero-order valence-electron chi connectivity index (χ0n) is 15.1. The summed E-state index contributed by atoms with van der Waals surface area (Å²) in [7, 11) is 0. The molecule has 0 heterocycles. The van der Waals surface area contributed by atoms with Gasteiger partial charge in [-0.3, -0.25) is 4.79 Å². The van der Waals surface area contributed by atoms with Crippen molar-refractivity contribution in [2.24, 2.45) is 11.8 Å². The fourth-order valence-electron chi connectivity index (χ4n) is 2.85. The Morgan fingerprint density at radius 1 is 1.12 bits per heavy atom. The van der Waals surface area contributed by atoms with Crippen LogP contribution in [0.15, 0.2) is 30.3 Å². The molecular formula is C18H23NNaO6. The summed E-state index contributed by atoms with van der Waals surface area (Å²) in [4.78, 5) is 34.5. The first-order valence-corrected chi connectivity index (χ1v) is 8.39. The standard InChI is InChI=1S/C18H23NO6.Na/c1-12(24-17(22)15-5-3-2-4-6-15)25-18(23)19-11-13-7-9-14(10-8-13)16(20)21;/h2-6,12-14H,7-11H2,1H3,(H,19,23)(H,20,21);. The number of nitrogens with one attached hydrogen (secondary N) is 1. The Labute approximate surface area is 174 Å². The number of amides is 1. The third kappa shape index (κ3) is 7.35. The molecule has 7 nitrogen and oxygen atoms in total. The largest absolute Gasteiger partial charge is 0.481 e. The van der Waals surface area contributed by atoms with Crippen LogP contribution in [0.3, 0.4) is 0 Å². The van der Waals surface area contributed by atoms with E-state index in [1.807, 2.05) is 0 Å². The summed E-state index contributed by atoms with van der Waals surface area (Å²) in [5.41, 5.74) is 0.383. The minimum absolute atomic E-state index is 0. The van der Waals surface area contributed by atoms with Crippen molar-refractivity contribution in [2.75, 3.05) is 6.54 Å². The smallest absolute Gasteiger partial charge is 0.410 e. The van der Waals surface area contributed by atoms with Gasteiger partial charge in [-0.1, -0.05) is 18.2 Å². The first kappa shape index (κ1) is 22.5. The summed E-state index contributed by atoms with van der Waals surface area (Å²) >= 11 is 0. The van der Waals surface area contributed by atoms with E-state index in [1.165, 1.54) is 6.92 Å². The summed E-state index contributed by atoms with van der Waals surface area (Å²) in [5.74, 6) is -1.35. The Hall–Kier alpha value is -1.57. The predicted molar refractivity (Wildman–Crippen MR) is 94.6 cm³/mol. The second-order valence-electron chi connectivity index (χ2n) is 6.18. The fraction of sp³-hybridized carbons (Fsp3) is 0.500. The average Bonchev–Trinajstić information content (AvgIpc) is 2.61. The summed E-state index contributed by atoms with van der Waals surface area (Å²) in [6.07, 6.45) is 1.11. The predicted octanol–water partition coefficient (Wildman–Crippen LogP) is 2.43. The van der Waals surface area contributed by atoms with Crippen LogP contribution in [-0.4, -0.2) is 65.5 Å². The van der Waals surface area contributed by atoms with Gasteiger partial charge in [-0.25, -0.2) is 9.59 Å². The maximum Gasteiger partial charge on any atom is 0.410 e. The SMILES string of the molecule is CC(OC(=O)NCC1CCC(C(=O)O)CC1)OC(=O)c1ccccc1.[Na]. The van der Waals surface area contributed by atoms with Gasteiger partial charge in [-0.05, 0) is 43.7 Å². The average molecular weight is 372 g/mol. The van der Waals surface area contributed by atoms with Crippen molar-refractivity contribution in [3.8, 4) is 0 Å². The van der Waals surface area contributed by atoms with E-state index in [9.17, 15) is 14.4 Å². The molecule has 1 unspecified atom stereocenters. The van der Waals surface area contributed by atoms with Crippen molar-refractivity contribution in [1.82, 2.24) is 5.32 Å². The Morgan fingerprint density at radius 2 is 1.73 bits per heavy atom. The molecule has 1 saturated carbocycles. The van der Waals surface area contributed by atoms with E-state index in [2.05, 4.69) is 5.32 Å². The second-order valence-corrected chi connectivity index (χ2v) is 6.18. The summed E-state index contributed by atoms with van der Waals surface area (Å²) in [6, 6.07) is 8.45. The molecule has 2 rings (SSSR count). The number of esters is 1. The number of benzene rings is 1. The van der Waals surface area contributed by atoms with Crippen LogP contribution in [0.4, 0.5) is 4.79 Å². The number of carboxylic acids is 1. The molecular weight excluding hydrogens is 349 g/mol. The van der Waals surface area contributed by atoms with Crippen molar-refractivity contribution in [3.05, 3.63) is 35.9 Å². The number of ether oxygens (including phenoxy) is 2. The van der Waals surface area contributed by atoms with Gasteiger partial charge in [0.2, 0.25) is 6.29 Å². The van der Waals surface area contributed by atoms with E-state index in [1.54, 1.807) is 30.3 Å². The number of aliphatic carboxylic acids is 1. The molecule has 1 aromatic carbocycles. The molecule has 0 aliphatic heterocycles. The van der Waals surface area contributed by atoms with Crippen LogP contribution in [-0.2, 0) is 14.3 Å². The van der Waals surface area contributed by atoms with E-state index in [4.69, 9.17) is 14.6 Å². The summed E-state index contributed by atoms with van der Waals surface area (Å²) in [5, 5.41) is 11.6. The molecule has 1 amide bonds. The molecule has 137 valence electrons. The van der Waals surface area contributed by atoms with Gasteiger partial charge in [-0.2, -0.15) is 0 Å². The first-order chi connectivity index (χ1) is 12.0. The molecule has 2 N–H and O–H groups in total. The van der Waals surface area contributed by atoms with Gasteiger partial charge in [0, 0.05) is 43.0 Å². The minimum Gasteiger partial charge on any atom is -0.481 e. The van der Waals surface area contributed by atoms with Gasteiger partial charge in [-0.15, -0.1) is 0 Å². The Kier molecular flexibility index (Phi) is 9.69. The van der Waals surface area contributed by atoms with Gasteiger partial charge < -0.3 is 19.9 Å². The molecule has 0 bridgehead atoms. The van der Waals surface area contributed by atoms with Crippen molar-refractivity contribution in [1.29, 1.82) is 0 Å². The number of rotatable bonds is 6. The van der Waals surface area contributed by atoms with E-state index in [0.29, 0.717) is 24.9 Å². The van der Waals surface area contributed by atoms with Crippen LogP contribution in [0.25, 0.3) is 0 Å². The molecule has 1 aliphatic rings. The molecule has 8 heteroatoms. The summed E-state index contributed by atoms with van der Waals surface area (Å²) in [6.45, 7) is 1.89. The Morgan fingerprint density at radius 3 is 2.31 bits per heavy atom. The van der Waals surface area contributed by atoms with Crippen LogP contribution < -0.4 is 5.32 Å². The molecule has 1 fully saturated rings. The van der Waals surface area contributed by atoms with E-state index in [0.717, 1.165) is 12.8 Å². The fourth-order valence-corrected chi connectivity index (χ4v) is 2.85.